The van der Waals surface area contributed by atoms with Crippen LogP contribution < -0.4 is 10.2 Å². The van der Waals surface area contributed by atoms with Gasteiger partial charge in [0.2, 0.25) is 11.8 Å². The number of carbonyl (C=O) groups excluding carboxylic acids is 3. The van der Waals surface area contributed by atoms with Gasteiger partial charge in [-0.25, -0.2) is 9.18 Å². The Morgan fingerprint density at radius 1 is 1.22 bits per heavy atom. The third-order valence-corrected chi connectivity index (χ3v) is 4.57. The van der Waals surface area contributed by atoms with E-state index in [1.165, 1.54) is 24.1 Å². The van der Waals surface area contributed by atoms with Crippen molar-refractivity contribution < 1.29 is 23.5 Å². The third kappa shape index (κ3) is 4.09. The number of esters is 1. The minimum Gasteiger partial charge on any atom is -0.465 e. The summed E-state index contributed by atoms with van der Waals surface area (Å²) in [5.41, 5.74) is 1.32. The number of ether oxygens (including phenoxy) is 1. The number of amides is 2. The molecule has 0 bridgehead atoms. The van der Waals surface area contributed by atoms with Crippen molar-refractivity contribution in [3.05, 3.63) is 58.9 Å². The lowest BCUT2D eigenvalue weighted by atomic mass is 10.1. The lowest BCUT2D eigenvalue weighted by Crippen LogP contribution is -2.28. The molecular weight excluding hydrogens is 375 g/mol. The molecule has 1 aliphatic rings. The van der Waals surface area contributed by atoms with E-state index in [0.29, 0.717) is 16.9 Å². The number of rotatable bonds is 4. The van der Waals surface area contributed by atoms with Gasteiger partial charge in [-0.3, -0.25) is 9.59 Å². The van der Waals surface area contributed by atoms with Gasteiger partial charge in [0.15, 0.2) is 0 Å². The second-order valence-electron chi connectivity index (χ2n) is 6.06. The molecule has 0 spiro atoms. The van der Waals surface area contributed by atoms with Gasteiger partial charge in [0, 0.05) is 24.3 Å². The number of halogens is 2. The van der Waals surface area contributed by atoms with Crippen molar-refractivity contribution in [3.63, 3.8) is 0 Å². The first kappa shape index (κ1) is 18.8. The Balaban J connectivity index is 1.68. The summed E-state index contributed by atoms with van der Waals surface area (Å²) in [6.07, 6.45) is 0.0551. The predicted octanol–water partition coefficient (Wildman–Crippen LogP) is 3.26. The summed E-state index contributed by atoms with van der Waals surface area (Å²) in [6, 6.07) is 10.3. The number of anilines is 2. The third-order valence-electron chi connectivity index (χ3n) is 4.28. The van der Waals surface area contributed by atoms with Crippen LogP contribution in [-0.2, 0) is 14.3 Å². The Bertz CT molecular complexity index is 901. The first-order valence-corrected chi connectivity index (χ1v) is 8.51. The number of nitrogens with zero attached hydrogens (tertiary/aromatic N) is 1. The van der Waals surface area contributed by atoms with Crippen LogP contribution in [0.2, 0.25) is 5.02 Å². The lowest BCUT2D eigenvalue weighted by molar-refractivity contribution is -0.122. The van der Waals surface area contributed by atoms with Gasteiger partial charge in [-0.05, 0) is 42.5 Å². The lowest BCUT2D eigenvalue weighted by Gasteiger charge is -2.17. The zero-order valence-electron chi connectivity index (χ0n) is 14.4. The fraction of sp³-hybridized carbons (Fsp3) is 0.211. The van der Waals surface area contributed by atoms with Crippen molar-refractivity contribution in [2.75, 3.05) is 23.9 Å². The monoisotopic (exact) mass is 390 g/mol. The molecule has 2 aromatic rings. The average Bonchev–Trinajstić information content (AvgIpc) is 3.06. The van der Waals surface area contributed by atoms with Gasteiger partial charge in [0.05, 0.1) is 23.6 Å². The molecule has 8 heteroatoms. The summed E-state index contributed by atoms with van der Waals surface area (Å²) >= 11 is 5.71. The number of hydrogen-bond acceptors (Lipinski definition) is 4. The topological polar surface area (TPSA) is 75.7 Å². The number of nitrogens with one attached hydrogen (secondary N) is 1. The summed E-state index contributed by atoms with van der Waals surface area (Å²) in [7, 11) is 1.29. The molecule has 1 N–H and O–H groups in total. The maximum atomic E-state index is 13.2. The summed E-state index contributed by atoms with van der Waals surface area (Å²) < 4.78 is 17.8. The smallest absolute Gasteiger partial charge is 0.337 e. The Morgan fingerprint density at radius 3 is 2.56 bits per heavy atom. The van der Waals surface area contributed by atoms with Gasteiger partial charge in [-0.2, -0.15) is 0 Å². The van der Waals surface area contributed by atoms with Gasteiger partial charge < -0.3 is 15.0 Å². The van der Waals surface area contributed by atoms with Crippen molar-refractivity contribution in [2.45, 2.75) is 6.42 Å². The van der Waals surface area contributed by atoms with Gasteiger partial charge in [-0.15, -0.1) is 0 Å². The minimum atomic E-state index is -0.577. The van der Waals surface area contributed by atoms with E-state index >= 15 is 0 Å². The summed E-state index contributed by atoms with van der Waals surface area (Å²) in [6.45, 7) is 0.206. The standard InChI is InChI=1S/C19H16ClFN2O4/c1-27-19(26)11-2-5-14(6-3-11)23-10-12(8-17(23)24)18(25)22-13-4-7-16(21)15(20)9-13/h2-7,9,12H,8,10H2,1H3,(H,22,25). The van der Waals surface area contributed by atoms with Crippen LogP contribution in [0.25, 0.3) is 0 Å². The van der Waals surface area contributed by atoms with Gasteiger partial charge in [0.1, 0.15) is 5.82 Å². The highest BCUT2D eigenvalue weighted by Gasteiger charge is 2.35. The zero-order chi connectivity index (χ0) is 19.6. The van der Waals surface area contributed by atoms with Crippen molar-refractivity contribution in [3.8, 4) is 0 Å². The summed E-state index contributed by atoms with van der Waals surface area (Å²) in [5, 5.41) is 2.55. The molecule has 0 aliphatic carbocycles. The molecule has 3 rings (SSSR count). The average molecular weight is 391 g/mol. The van der Waals surface area contributed by atoms with Crippen LogP contribution in [0.1, 0.15) is 16.8 Å². The van der Waals surface area contributed by atoms with E-state index in [-0.39, 0.29) is 29.8 Å². The van der Waals surface area contributed by atoms with E-state index < -0.39 is 17.7 Å². The van der Waals surface area contributed by atoms with Crippen molar-refractivity contribution in [1.82, 2.24) is 0 Å². The molecule has 1 saturated heterocycles. The largest absolute Gasteiger partial charge is 0.465 e. The van der Waals surface area contributed by atoms with Gasteiger partial charge in [0.25, 0.3) is 0 Å². The maximum Gasteiger partial charge on any atom is 0.337 e. The van der Waals surface area contributed by atoms with Crippen molar-refractivity contribution in [2.24, 2.45) is 5.92 Å². The van der Waals surface area contributed by atoms with E-state index in [1.807, 2.05) is 0 Å². The first-order valence-electron chi connectivity index (χ1n) is 8.13. The molecule has 2 amide bonds. The van der Waals surface area contributed by atoms with E-state index in [0.717, 1.165) is 6.07 Å². The molecule has 2 aromatic carbocycles. The molecule has 0 radical (unpaired) electrons. The number of benzene rings is 2. The van der Waals surface area contributed by atoms with E-state index in [2.05, 4.69) is 10.1 Å². The highest BCUT2D eigenvalue weighted by Crippen LogP contribution is 2.27. The molecule has 1 aliphatic heterocycles. The Morgan fingerprint density at radius 2 is 1.93 bits per heavy atom. The van der Waals surface area contributed by atoms with Gasteiger partial charge >= 0.3 is 5.97 Å². The van der Waals surface area contributed by atoms with E-state index in [9.17, 15) is 18.8 Å². The molecule has 1 unspecified atom stereocenters. The van der Waals surface area contributed by atoms with Crippen molar-refractivity contribution >= 4 is 40.8 Å². The molecule has 140 valence electrons. The Hall–Kier alpha value is -2.93. The molecule has 0 saturated carbocycles. The molecule has 1 heterocycles. The molecule has 27 heavy (non-hydrogen) atoms. The fourth-order valence-corrected chi connectivity index (χ4v) is 3.03. The van der Waals surface area contributed by atoms with Crippen molar-refractivity contribution in [1.29, 1.82) is 0 Å². The van der Waals surface area contributed by atoms with E-state index in [4.69, 9.17) is 11.6 Å². The van der Waals surface area contributed by atoms with Crippen LogP contribution in [0.5, 0.6) is 0 Å². The minimum absolute atomic E-state index is 0.0551. The zero-order valence-corrected chi connectivity index (χ0v) is 15.1. The number of methoxy groups -OCH3 is 1. The van der Waals surface area contributed by atoms with Crippen LogP contribution >= 0.6 is 11.6 Å². The molecule has 0 aromatic heterocycles. The molecular formula is C19H16ClFN2O4. The quantitative estimate of drug-likeness (QED) is 0.813. The summed E-state index contributed by atoms with van der Waals surface area (Å²) in [5.74, 6) is -2.14. The van der Waals surface area contributed by atoms with Crippen LogP contribution in [-0.4, -0.2) is 31.4 Å². The molecule has 1 atom stereocenters. The van der Waals surface area contributed by atoms with E-state index in [1.54, 1.807) is 24.3 Å². The first-order chi connectivity index (χ1) is 12.9. The number of hydrogen-bond donors (Lipinski definition) is 1. The number of carbonyl (C=O) groups is 3. The second-order valence-corrected chi connectivity index (χ2v) is 6.47. The van der Waals surface area contributed by atoms with Crippen LogP contribution in [0.15, 0.2) is 42.5 Å². The normalized spacial score (nSPS) is 16.3. The van der Waals surface area contributed by atoms with Crippen LogP contribution in [0.3, 0.4) is 0 Å². The predicted molar refractivity (Wildman–Crippen MR) is 98.3 cm³/mol. The molecule has 1 fully saturated rings. The Kier molecular flexibility index (Phi) is 5.41. The fourth-order valence-electron chi connectivity index (χ4n) is 2.85. The highest BCUT2D eigenvalue weighted by atomic mass is 35.5. The molecule has 6 nitrogen and oxygen atoms in total. The SMILES string of the molecule is COC(=O)c1ccc(N2CC(C(=O)Nc3ccc(F)c(Cl)c3)CC2=O)cc1. The second kappa shape index (κ2) is 7.75. The summed E-state index contributed by atoms with van der Waals surface area (Å²) in [4.78, 5) is 37.7. The van der Waals surface area contributed by atoms with Crippen LogP contribution in [0.4, 0.5) is 15.8 Å². The van der Waals surface area contributed by atoms with Gasteiger partial charge in [-0.1, -0.05) is 11.6 Å². The maximum absolute atomic E-state index is 13.2. The van der Waals surface area contributed by atoms with Crippen LogP contribution in [0, 0.1) is 11.7 Å². The highest BCUT2D eigenvalue weighted by molar-refractivity contribution is 6.31. The Labute approximate surface area is 159 Å².